The predicted molar refractivity (Wildman–Crippen MR) is 82.4 cm³/mol. The molecule has 1 aromatic rings. The third kappa shape index (κ3) is 3.42. The van der Waals surface area contributed by atoms with Gasteiger partial charge in [0, 0.05) is 31.0 Å². The fraction of sp³-hybridized carbons (Fsp3) is 0.765. The van der Waals surface area contributed by atoms with Crippen LogP contribution >= 0.6 is 0 Å². The zero-order chi connectivity index (χ0) is 13.8. The van der Waals surface area contributed by atoms with Crippen LogP contribution in [0.25, 0.3) is 0 Å². The third-order valence-corrected chi connectivity index (χ3v) is 5.09. The van der Waals surface area contributed by atoms with Crippen molar-refractivity contribution >= 4 is 0 Å². The summed E-state index contributed by atoms with van der Waals surface area (Å²) in [6.07, 6.45) is 8.44. The van der Waals surface area contributed by atoms with Crippen LogP contribution in [-0.4, -0.2) is 10.6 Å². The van der Waals surface area contributed by atoms with Crippen LogP contribution in [0.2, 0.25) is 0 Å². The van der Waals surface area contributed by atoms with Gasteiger partial charge < -0.3 is 9.88 Å². The van der Waals surface area contributed by atoms with Gasteiger partial charge in [-0.2, -0.15) is 0 Å². The number of aryl methyl sites for hydroxylation is 1. The first-order valence-corrected chi connectivity index (χ1v) is 7.98. The second kappa shape index (κ2) is 6.60. The van der Waals surface area contributed by atoms with E-state index < -0.39 is 0 Å². The van der Waals surface area contributed by atoms with Crippen LogP contribution in [-0.2, 0) is 13.6 Å². The van der Waals surface area contributed by atoms with E-state index in [1.54, 1.807) is 0 Å². The highest BCUT2D eigenvalue weighted by Gasteiger charge is 2.22. The third-order valence-electron chi connectivity index (χ3n) is 5.09. The molecule has 1 aromatic heterocycles. The summed E-state index contributed by atoms with van der Waals surface area (Å²) >= 11 is 0. The van der Waals surface area contributed by atoms with Gasteiger partial charge in [0.15, 0.2) is 0 Å². The summed E-state index contributed by atoms with van der Waals surface area (Å²) in [7, 11) is 2.16. The van der Waals surface area contributed by atoms with Crippen molar-refractivity contribution in [2.75, 3.05) is 0 Å². The van der Waals surface area contributed by atoms with Crippen LogP contribution in [0.4, 0.5) is 0 Å². The van der Waals surface area contributed by atoms with Crippen molar-refractivity contribution in [3.63, 3.8) is 0 Å². The normalized spacial score (nSPS) is 18.7. The first kappa shape index (κ1) is 14.6. The van der Waals surface area contributed by atoms with Crippen LogP contribution in [0.15, 0.2) is 6.07 Å². The first-order valence-electron chi connectivity index (χ1n) is 7.98. The summed E-state index contributed by atoms with van der Waals surface area (Å²) in [6, 6.07) is 3.04. The van der Waals surface area contributed by atoms with Gasteiger partial charge in [-0.25, -0.2) is 0 Å². The smallest absolute Gasteiger partial charge is 0.0226 e. The molecule has 2 nitrogen and oxygen atoms in total. The van der Waals surface area contributed by atoms with E-state index in [1.807, 2.05) is 0 Å². The molecule has 1 atom stereocenters. The highest BCUT2D eigenvalue weighted by atomic mass is 15.0. The molecular formula is C17H30N2. The maximum atomic E-state index is 3.82. The van der Waals surface area contributed by atoms with Crippen molar-refractivity contribution in [3.8, 4) is 0 Å². The molecule has 1 aliphatic rings. The molecule has 1 unspecified atom stereocenters. The van der Waals surface area contributed by atoms with E-state index >= 15 is 0 Å². The number of nitrogens with zero attached hydrogens (tertiary/aromatic N) is 1. The second-order valence-corrected chi connectivity index (χ2v) is 6.25. The van der Waals surface area contributed by atoms with Gasteiger partial charge in [-0.1, -0.05) is 26.2 Å². The highest BCUT2D eigenvalue weighted by molar-refractivity contribution is 5.26. The fourth-order valence-corrected chi connectivity index (χ4v) is 3.53. The molecule has 1 fully saturated rings. The minimum atomic E-state index is 0.709. The van der Waals surface area contributed by atoms with E-state index in [9.17, 15) is 0 Å². The average Bonchev–Trinajstić information content (AvgIpc) is 2.68. The van der Waals surface area contributed by atoms with E-state index in [-0.39, 0.29) is 0 Å². The zero-order valence-electron chi connectivity index (χ0n) is 13.1. The van der Waals surface area contributed by atoms with Crippen molar-refractivity contribution in [1.29, 1.82) is 0 Å². The summed E-state index contributed by atoms with van der Waals surface area (Å²) in [4.78, 5) is 0. The maximum Gasteiger partial charge on any atom is 0.0226 e. The van der Waals surface area contributed by atoms with Crippen molar-refractivity contribution < 1.29 is 0 Å². The second-order valence-electron chi connectivity index (χ2n) is 6.25. The number of hydrogen-bond acceptors (Lipinski definition) is 1. The van der Waals surface area contributed by atoms with E-state index in [2.05, 4.69) is 43.8 Å². The summed E-state index contributed by atoms with van der Waals surface area (Å²) in [6.45, 7) is 7.78. The molecule has 1 saturated carbocycles. The van der Waals surface area contributed by atoms with Gasteiger partial charge in [-0.15, -0.1) is 0 Å². The molecule has 0 saturated heterocycles. The Morgan fingerprint density at radius 1 is 1.26 bits per heavy atom. The fourth-order valence-electron chi connectivity index (χ4n) is 3.53. The van der Waals surface area contributed by atoms with Crippen LogP contribution in [0.3, 0.4) is 0 Å². The Bertz CT molecular complexity index is 400. The Morgan fingerprint density at radius 3 is 2.47 bits per heavy atom. The Labute approximate surface area is 118 Å². The lowest BCUT2D eigenvalue weighted by atomic mass is 9.83. The zero-order valence-corrected chi connectivity index (χ0v) is 13.1. The van der Waals surface area contributed by atoms with E-state index in [0.717, 1.165) is 12.5 Å². The number of nitrogens with one attached hydrogen (secondary N) is 1. The van der Waals surface area contributed by atoms with Crippen molar-refractivity contribution in [1.82, 2.24) is 9.88 Å². The molecule has 19 heavy (non-hydrogen) atoms. The van der Waals surface area contributed by atoms with E-state index in [0.29, 0.717) is 6.04 Å². The highest BCUT2D eigenvalue weighted by Crippen LogP contribution is 2.28. The maximum absolute atomic E-state index is 3.82. The average molecular weight is 262 g/mol. The number of aromatic nitrogens is 1. The SMILES string of the molecule is CCC(NCc1cc(C)n(C)c1C)C1CCCCC1. The lowest BCUT2D eigenvalue weighted by molar-refractivity contribution is 0.261. The van der Waals surface area contributed by atoms with Gasteiger partial charge in [0.2, 0.25) is 0 Å². The summed E-state index contributed by atoms with van der Waals surface area (Å²) in [5.41, 5.74) is 4.23. The van der Waals surface area contributed by atoms with Gasteiger partial charge in [-0.05, 0) is 50.7 Å². The Hall–Kier alpha value is -0.760. The lowest BCUT2D eigenvalue weighted by Gasteiger charge is -2.30. The molecule has 0 bridgehead atoms. The van der Waals surface area contributed by atoms with E-state index in [4.69, 9.17) is 0 Å². The summed E-state index contributed by atoms with van der Waals surface area (Å²) in [5.74, 6) is 0.906. The molecule has 0 aliphatic heterocycles. The molecule has 108 valence electrons. The monoisotopic (exact) mass is 262 g/mol. The van der Waals surface area contributed by atoms with Crippen LogP contribution in [0.5, 0.6) is 0 Å². The molecular weight excluding hydrogens is 232 g/mol. The lowest BCUT2D eigenvalue weighted by Crippen LogP contribution is -2.36. The molecule has 1 N–H and O–H groups in total. The van der Waals surface area contributed by atoms with Gasteiger partial charge in [0.25, 0.3) is 0 Å². The Morgan fingerprint density at radius 2 is 1.95 bits per heavy atom. The Kier molecular flexibility index (Phi) is 5.09. The van der Waals surface area contributed by atoms with Crippen molar-refractivity contribution in [2.45, 2.75) is 71.9 Å². The minimum absolute atomic E-state index is 0.709. The standard InChI is InChI=1S/C17H30N2/c1-5-17(15-9-7-6-8-10-15)18-12-16-11-13(2)19(4)14(16)3/h11,15,17-18H,5-10,12H2,1-4H3. The molecule has 2 heteroatoms. The molecule has 0 radical (unpaired) electrons. The quantitative estimate of drug-likeness (QED) is 0.845. The molecule has 0 amide bonds. The van der Waals surface area contributed by atoms with Gasteiger partial charge in [0.1, 0.15) is 0 Å². The number of hydrogen-bond donors (Lipinski definition) is 1. The van der Waals surface area contributed by atoms with Crippen LogP contribution in [0, 0.1) is 19.8 Å². The largest absolute Gasteiger partial charge is 0.352 e. The van der Waals surface area contributed by atoms with Crippen molar-refractivity contribution in [3.05, 3.63) is 23.0 Å². The predicted octanol–water partition coefficient (Wildman–Crippen LogP) is 4.09. The van der Waals surface area contributed by atoms with Gasteiger partial charge in [-0.3, -0.25) is 0 Å². The van der Waals surface area contributed by atoms with Crippen molar-refractivity contribution in [2.24, 2.45) is 13.0 Å². The summed E-state index contributed by atoms with van der Waals surface area (Å²) < 4.78 is 2.29. The molecule has 1 aliphatic carbocycles. The molecule has 2 rings (SSSR count). The Balaban J connectivity index is 1.93. The van der Waals surface area contributed by atoms with Gasteiger partial charge >= 0.3 is 0 Å². The minimum Gasteiger partial charge on any atom is -0.352 e. The number of rotatable bonds is 5. The topological polar surface area (TPSA) is 17.0 Å². The van der Waals surface area contributed by atoms with Crippen LogP contribution in [0.1, 0.15) is 62.4 Å². The molecule has 1 heterocycles. The van der Waals surface area contributed by atoms with Gasteiger partial charge in [0.05, 0.1) is 0 Å². The molecule has 0 spiro atoms. The summed E-state index contributed by atoms with van der Waals surface area (Å²) in [5, 5.41) is 3.82. The van der Waals surface area contributed by atoms with E-state index in [1.165, 1.54) is 55.5 Å². The van der Waals surface area contributed by atoms with Crippen LogP contribution < -0.4 is 5.32 Å². The molecule has 0 aromatic carbocycles. The first-order chi connectivity index (χ1) is 9.13.